The van der Waals surface area contributed by atoms with Crippen LogP contribution in [0.5, 0.6) is 11.5 Å². The molecule has 2 rings (SSSR count). The van der Waals surface area contributed by atoms with Crippen LogP contribution in [0, 0.1) is 5.92 Å². The van der Waals surface area contributed by atoms with Gasteiger partial charge in [-0.05, 0) is 38.5 Å². The first-order chi connectivity index (χ1) is 14.3. The van der Waals surface area contributed by atoms with Gasteiger partial charge in [0, 0.05) is 17.3 Å². The third kappa shape index (κ3) is 4.97. The summed E-state index contributed by atoms with van der Waals surface area (Å²) in [5.41, 5.74) is 1.80. The first-order valence-corrected chi connectivity index (χ1v) is 9.62. The second-order valence-corrected chi connectivity index (χ2v) is 6.67. The van der Waals surface area contributed by atoms with Gasteiger partial charge in [0.2, 0.25) is 0 Å². The molecule has 0 spiro atoms. The number of rotatable bonds is 9. The Bertz CT molecular complexity index is 899. The number of phenols is 1. The fourth-order valence-electron chi connectivity index (χ4n) is 3.41. The number of ether oxygens (including phenoxy) is 3. The number of benzene rings is 1. The maximum atomic E-state index is 12.9. The number of aromatic hydroxyl groups is 1. The number of nitrogens with zero attached hydrogens (tertiary/aromatic N) is 1. The Kier molecular flexibility index (Phi) is 7.98. The van der Waals surface area contributed by atoms with Crippen molar-refractivity contribution >= 4 is 17.7 Å². The second-order valence-electron chi connectivity index (χ2n) is 6.67. The van der Waals surface area contributed by atoms with Gasteiger partial charge in [-0.1, -0.05) is 31.4 Å². The molecule has 0 amide bonds. The minimum absolute atomic E-state index is 0.0242. The van der Waals surface area contributed by atoms with E-state index in [9.17, 15) is 14.7 Å². The van der Waals surface area contributed by atoms with Crippen LogP contribution in [0.3, 0.4) is 0 Å². The summed E-state index contributed by atoms with van der Waals surface area (Å²) in [7, 11) is 0. The van der Waals surface area contributed by atoms with Gasteiger partial charge in [0.1, 0.15) is 19.1 Å². The zero-order valence-corrected chi connectivity index (χ0v) is 17.5. The van der Waals surface area contributed by atoms with E-state index in [2.05, 4.69) is 18.2 Å². The van der Waals surface area contributed by atoms with Crippen LogP contribution in [-0.4, -0.2) is 42.6 Å². The van der Waals surface area contributed by atoms with Crippen LogP contribution in [0.15, 0.2) is 59.8 Å². The summed E-state index contributed by atoms with van der Waals surface area (Å²) >= 11 is 0. The van der Waals surface area contributed by atoms with Crippen LogP contribution in [0.2, 0.25) is 0 Å². The van der Waals surface area contributed by atoms with Crippen LogP contribution in [0.4, 0.5) is 0 Å². The maximum absolute atomic E-state index is 12.9. The van der Waals surface area contributed by atoms with Gasteiger partial charge in [-0.15, -0.1) is 0 Å². The molecule has 1 unspecified atom stereocenters. The maximum Gasteiger partial charge on any atom is 0.336 e. The molecule has 0 radical (unpaired) electrons. The molecule has 2 atom stereocenters. The number of hydrogen-bond donors (Lipinski definition) is 1. The molecule has 0 bridgehead atoms. The van der Waals surface area contributed by atoms with Crippen LogP contribution in [-0.2, 0) is 19.1 Å². The van der Waals surface area contributed by atoms with Crippen molar-refractivity contribution in [3.63, 3.8) is 0 Å². The monoisotopic (exact) mass is 413 g/mol. The molecule has 1 aromatic carbocycles. The summed E-state index contributed by atoms with van der Waals surface area (Å²) in [4.78, 5) is 30.2. The summed E-state index contributed by atoms with van der Waals surface area (Å²) in [6.45, 7) is 12.7. The standard InChI is InChI=1S/C23H27NO6/c1-6-11-29-22(26)19-14(4)24-15(5)20(23(27)30-12-7-2)21(19)16-9-10-17(25)18(13-16)28-8-3/h6-7,9-10,13,19,21,25H,1-2,8,11-12H2,3-5H3/t19?,21-/m0/s1. The minimum atomic E-state index is -0.848. The largest absolute Gasteiger partial charge is 0.504 e. The molecule has 0 saturated carbocycles. The molecule has 0 saturated heterocycles. The van der Waals surface area contributed by atoms with Gasteiger partial charge in [0.25, 0.3) is 0 Å². The Morgan fingerprint density at radius 1 is 1.17 bits per heavy atom. The number of aliphatic imine (C=N–C) groups is 1. The number of hydrogen-bond acceptors (Lipinski definition) is 7. The van der Waals surface area contributed by atoms with Crippen molar-refractivity contribution in [2.45, 2.75) is 26.7 Å². The Balaban J connectivity index is 2.63. The molecule has 1 aromatic rings. The SMILES string of the molecule is C=CCOC(=O)C1=C(C)N=C(C)C(C(=O)OCC=C)[C@@H]1c1ccc(O)c(OCC)c1. The molecule has 1 aliphatic rings. The lowest BCUT2D eigenvalue weighted by Gasteiger charge is -2.31. The molecule has 0 fully saturated rings. The van der Waals surface area contributed by atoms with Crippen molar-refractivity contribution in [1.82, 2.24) is 0 Å². The van der Waals surface area contributed by atoms with Gasteiger partial charge >= 0.3 is 11.9 Å². The van der Waals surface area contributed by atoms with Crippen LogP contribution in [0.25, 0.3) is 0 Å². The summed E-state index contributed by atoms with van der Waals surface area (Å²) < 4.78 is 16.0. The highest BCUT2D eigenvalue weighted by atomic mass is 16.5. The van der Waals surface area contributed by atoms with Crippen LogP contribution in [0.1, 0.15) is 32.3 Å². The Labute approximate surface area is 176 Å². The van der Waals surface area contributed by atoms with Gasteiger partial charge in [0.15, 0.2) is 11.5 Å². The highest BCUT2D eigenvalue weighted by molar-refractivity contribution is 6.07. The van der Waals surface area contributed by atoms with E-state index < -0.39 is 23.8 Å². The molecule has 0 aromatic heterocycles. The van der Waals surface area contributed by atoms with E-state index in [0.717, 1.165) is 0 Å². The minimum Gasteiger partial charge on any atom is -0.504 e. The lowest BCUT2D eigenvalue weighted by Crippen LogP contribution is -2.36. The molecular formula is C23H27NO6. The van der Waals surface area contributed by atoms with Crippen molar-refractivity contribution in [3.05, 3.63) is 60.3 Å². The molecular weight excluding hydrogens is 386 g/mol. The molecule has 30 heavy (non-hydrogen) atoms. The normalized spacial score (nSPS) is 18.3. The van der Waals surface area contributed by atoms with Gasteiger partial charge in [-0.2, -0.15) is 0 Å². The van der Waals surface area contributed by atoms with Crippen molar-refractivity contribution < 1.29 is 28.9 Å². The van der Waals surface area contributed by atoms with E-state index in [-0.39, 0.29) is 30.3 Å². The van der Waals surface area contributed by atoms with E-state index in [1.165, 1.54) is 18.2 Å². The average molecular weight is 413 g/mol. The molecule has 1 heterocycles. The van der Waals surface area contributed by atoms with Gasteiger partial charge < -0.3 is 19.3 Å². The smallest absolute Gasteiger partial charge is 0.336 e. The third-order valence-corrected chi connectivity index (χ3v) is 4.62. The van der Waals surface area contributed by atoms with Crippen molar-refractivity contribution in [1.29, 1.82) is 0 Å². The molecule has 1 N–H and O–H groups in total. The van der Waals surface area contributed by atoms with Crippen LogP contribution >= 0.6 is 0 Å². The highest BCUT2D eigenvalue weighted by Gasteiger charge is 2.42. The fraction of sp³-hybridized carbons (Fsp3) is 0.348. The summed E-state index contributed by atoms with van der Waals surface area (Å²) in [6.07, 6.45) is 2.93. The summed E-state index contributed by atoms with van der Waals surface area (Å²) in [5, 5.41) is 10.1. The average Bonchev–Trinajstić information content (AvgIpc) is 2.71. The first-order valence-electron chi connectivity index (χ1n) is 9.62. The molecule has 7 heteroatoms. The van der Waals surface area contributed by atoms with E-state index in [1.54, 1.807) is 32.9 Å². The Hall–Kier alpha value is -3.35. The molecule has 1 aliphatic heterocycles. The van der Waals surface area contributed by atoms with Crippen LogP contribution < -0.4 is 4.74 Å². The quantitative estimate of drug-likeness (QED) is 0.490. The second kappa shape index (κ2) is 10.4. The van der Waals surface area contributed by atoms with Crippen molar-refractivity contribution in [3.8, 4) is 11.5 Å². The Morgan fingerprint density at radius 2 is 1.83 bits per heavy atom. The molecule has 0 aliphatic carbocycles. The lowest BCUT2D eigenvalue weighted by atomic mass is 9.75. The lowest BCUT2D eigenvalue weighted by molar-refractivity contribution is -0.145. The topological polar surface area (TPSA) is 94.4 Å². The Morgan fingerprint density at radius 3 is 2.47 bits per heavy atom. The van der Waals surface area contributed by atoms with E-state index in [0.29, 0.717) is 23.6 Å². The van der Waals surface area contributed by atoms with E-state index in [4.69, 9.17) is 14.2 Å². The predicted octanol–water partition coefficient (Wildman–Crippen LogP) is 3.70. The number of carbonyl (C=O) groups excluding carboxylic acids is 2. The summed E-state index contributed by atoms with van der Waals surface area (Å²) in [6, 6.07) is 4.72. The van der Waals surface area contributed by atoms with Crippen molar-refractivity contribution in [2.24, 2.45) is 10.9 Å². The third-order valence-electron chi connectivity index (χ3n) is 4.62. The zero-order valence-electron chi connectivity index (χ0n) is 17.5. The van der Waals surface area contributed by atoms with Gasteiger partial charge in [-0.3, -0.25) is 9.79 Å². The molecule has 7 nitrogen and oxygen atoms in total. The molecule has 160 valence electrons. The highest BCUT2D eigenvalue weighted by Crippen LogP contribution is 2.42. The van der Waals surface area contributed by atoms with Crippen molar-refractivity contribution in [2.75, 3.05) is 19.8 Å². The van der Waals surface area contributed by atoms with E-state index in [1.807, 2.05) is 0 Å². The van der Waals surface area contributed by atoms with Gasteiger partial charge in [0.05, 0.1) is 12.2 Å². The fourth-order valence-corrected chi connectivity index (χ4v) is 3.41. The first kappa shape index (κ1) is 22.9. The van der Waals surface area contributed by atoms with Gasteiger partial charge in [-0.25, -0.2) is 4.79 Å². The number of phenolic OH excluding ortho intramolecular Hbond substituents is 1. The summed E-state index contributed by atoms with van der Waals surface area (Å²) in [5.74, 6) is -2.49. The number of allylic oxidation sites excluding steroid dienone is 1. The number of carbonyl (C=O) groups is 2. The zero-order chi connectivity index (χ0) is 22.3. The number of esters is 2. The van der Waals surface area contributed by atoms with E-state index >= 15 is 0 Å². The predicted molar refractivity (Wildman–Crippen MR) is 114 cm³/mol.